The Hall–Kier alpha value is -2.69. The van der Waals surface area contributed by atoms with Gasteiger partial charge in [-0.25, -0.2) is 8.78 Å². The van der Waals surface area contributed by atoms with Crippen molar-refractivity contribution in [1.82, 2.24) is 0 Å². The SMILES string of the molecule is O=C(/C=C(\O)c1cc(F)c(F)cc1C(F)(F)F)C1(C(F)(F)F)C(F)(F)C(F)(F)C(F)(F)C1(F)F. The Kier molecular flexibility index (Phi) is 5.80. The Labute approximate surface area is 175 Å². The number of alkyl halides is 14. The molecule has 0 aliphatic heterocycles. The van der Waals surface area contributed by atoms with Crippen LogP contribution in [0.15, 0.2) is 18.2 Å². The number of aliphatic hydroxyl groups is 1. The zero-order valence-corrected chi connectivity index (χ0v) is 15.1. The van der Waals surface area contributed by atoms with E-state index in [1.807, 2.05) is 0 Å². The summed E-state index contributed by atoms with van der Waals surface area (Å²) in [5.74, 6) is -41.8. The normalized spacial score (nSPS) is 23.1. The molecular weight excluding hydrogens is 528 g/mol. The Balaban J connectivity index is 2.92. The summed E-state index contributed by atoms with van der Waals surface area (Å²) in [5.41, 5.74) is -12.0. The molecule has 18 heteroatoms. The predicted octanol–water partition coefficient (Wildman–Crippen LogP) is 6.56. The van der Waals surface area contributed by atoms with Gasteiger partial charge in [0.25, 0.3) is 5.41 Å². The van der Waals surface area contributed by atoms with Gasteiger partial charge < -0.3 is 5.11 Å². The molecule has 2 rings (SSSR count). The molecule has 0 atom stereocenters. The van der Waals surface area contributed by atoms with E-state index in [-0.39, 0.29) is 0 Å². The molecular formula is C16H4F16O2. The van der Waals surface area contributed by atoms with Crippen molar-refractivity contribution in [2.75, 3.05) is 0 Å². The van der Waals surface area contributed by atoms with Crippen LogP contribution in [-0.4, -0.2) is 40.8 Å². The van der Waals surface area contributed by atoms with Gasteiger partial charge in [0.2, 0.25) is 0 Å². The molecule has 0 aromatic heterocycles. The second-order valence-corrected chi connectivity index (χ2v) is 6.75. The fraction of sp³-hybridized carbons (Fsp3) is 0.438. The van der Waals surface area contributed by atoms with Gasteiger partial charge in [0, 0.05) is 11.6 Å². The Morgan fingerprint density at radius 3 is 1.47 bits per heavy atom. The first kappa shape index (κ1) is 27.6. The van der Waals surface area contributed by atoms with Crippen molar-refractivity contribution >= 4 is 11.5 Å². The third-order valence-corrected chi connectivity index (χ3v) is 4.83. The monoisotopic (exact) mass is 532 g/mol. The Morgan fingerprint density at radius 2 is 1.12 bits per heavy atom. The Bertz CT molecular complexity index is 1020. The van der Waals surface area contributed by atoms with Gasteiger partial charge in [-0.15, -0.1) is 0 Å². The number of hydrogen-bond donors (Lipinski definition) is 1. The van der Waals surface area contributed by atoms with Crippen LogP contribution in [0.3, 0.4) is 0 Å². The molecule has 1 aliphatic rings. The molecule has 192 valence electrons. The quantitative estimate of drug-likeness (QED) is 0.272. The third-order valence-electron chi connectivity index (χ3n) is 4.83. The van der Waals surface area contributed by atoms with Crippen LogP contribution in [0.2, 0.25) is 0 Å². The molecule has 0 amide bonds. The average molecular weight is 532 g/mol. The maximum atomic E-state index is 14.0. The maximum Gasteiger partial charge on any atom is 0.417 e. The molecule has 1 aromatic rings. The highest BCUT2D eigenvalue weighted by Gasteiger charge is 3.06. The van der Waals surface area contributed by atoms with Crippen molar-refractivity contribution in [2.24, 2.45) is 5.41 Å². The van der Waals surface area contributed by atoms with Gasteiger partial charge in [-0.1, -0.05) is 0 Å². The molecule has 0 heterocycles. The fourth-order valence-corrected chi connectivity index (χ4v) is 3.17. The van der Waals surface area contributed by atoms with Crippen molar-refractivity contribution in [3.63, 3.8) is 0 Å². The Morgan fingerprint density at radius 1 is 0.735 bits per heavy atom. The summed E-state index contributed by atoms with van der Waals surface area (Å²) >= 11 is 0. The molecule has 1 saturated carbocycles. The molecule has 0 saturated heterocycles. The molecule has 0 bridgehead atoms. The number of carbonyl (C=O) groups is 1. The van der Waals surface area contributed by atoms with E-state index in [1.54, 1.807) is 0 Å². The van der Waals surface area contributed by atoms with E-state index in [0.29, 0.717) is 0 Å². The van der Waals surface area contributed by atoms with Crippen LogP contribution < -0.4 is 0 Å². The number of aliphatic hydroxyl groups excluding tert-OH is 1. The molecule has 0 unspecified atom stereocenters. The number of hydrogen-bond acceptors (Lipinski definition) is 2. The summed E-state index contributed by atoms with van der Waals surface area (Å²) in [6.07, 6.45) is -15.0. The molecule has 1 aromatic carbocycles. The lowest BCUT2D eigenvalue weighted by Gasteiger charge is -2.37. The summed E-state index contributed by atoms with van der Waals surface area (Å²) in [5, 5.41) is 9.51. The standard InChI is InChI=1S/C16H4F16O2/c17-6-1-4(5(2-7(6)18)11(19,20)21)8(33)3-9(34)10(16(30,31)32)12(22,23)14(26,27)15(28,29)13(10,24)25/h1-3,33H/b8-3-. The minimum absolute atomic E-state index is 0.675. The molecule has 2 nitrogen and oxygen atoms in total. The van der Waals surface area contributed by atoms with Crippen LogP contribution in [0, 0.1) is 17.0 Å². The lowest BCUT2D eigenvalue weighted by atomic mass is 9.74. The van der Waals surface area contributed by atoms with E-state index in [4.69, 9.17) is 0 Å². The van der Waals surface area contributed by atoms with Crippen molar-refractivity contribution < 1.29 is 80.1 Å². The number of halogens is 16. The van der Waals surface area contributed by atoms with Gasteiger partial charge in [-0.05, 0) is 12.1 Å². The lowest BCUT2D eigenvalue weighted by molar-refractivity contribution is -0.341. The minimum atomic E-state index is -7.64. The van der Waals surface area contributed by atoms with E-state index >= 15 is 0 Å². The van der Waals surface area contributed by atoms with Crippen LogP contribution >= 0.6 is 0 Å². The highest BCUT2D eigenvalue weighted by Crippen LogP contribution is 2.75. The number of carbonyl (C=O) groups excluding carboxylic acids is 1. The van der Waals surface area contributed by atoms with Crippen molar-refractivity contribution in [3.8, 4) is 0 Å². The minimum Gasteiger partial charge on any atom is -0.507 e. The van der Waals surface area contributed by atoms with Crippen LogP contribution in [-0.2, 0) is 11.0 Å². The van der Waals surface area contributed by atoms with Crippen LogP contribution in [0.25, 0.3) is 5.76 Å². The number of benzene rings is 1. The first-order valence-corrected chi connectivity index (χ1v) is 7.93. The maximum absolute atomic E-state index is 14.0. The highest BCUT2D eigenvalue weighted by atomic mass is 19.4. The van der Waals surface area contributed by atoms with Crippen LogP contribution in [0.5, 0.6) is 0 Å². The first-order valence-electron chi connectivity index (χ1n) is 7.93. The van der Waals surface area contributed by atoms with Gasteiger partial charge >= 0.3 is 36.0 Å². The molecule has 34 heavy (non-hydrogen) atoms. The molecule has 1 fully saturated rings. The van der Waals surface area contributed by atoms with Gasteiger partial charge in [0.1, 0.15) is 5.76 Å². The smallest absolute Gasteiger partial charge is 0.417 e. The average Bonchev–Trinajstić information content (AvgIpc) is 2.66. The molecule has 1 N–H and O–H groups in total. The van der Waals surface area contributed by atoms with Crippen molar-refractivity contribution in [3.05, 3.63) is 41.0 Å². The van der Waals surface area contributed by atoms with E-state index in [0.717, 1.165) is 0 Å². The second kappa shape index (κ2) is 7.16. The van der Waals surface area contributed by atoms with Gasteiger partial charge in [0.15, 0.2) is 17.4 Å². The lowest BCUT2D eigenvalue weighted by Crippen LogP contribution is -2.64. The topological polar surface area (TPSA) is 37.3 Å². The van der Waals surface area contributed by atoms with E-state index < -0.39 is 94.0 Å². The molecule has 0 radical (unpaired) electrons. The first-order chi connectivity index (χ1) is 14.8. The summed E-state index contributed by atoms with van der Waals surface area (Å²) in [4.78, 5) is 11.9. The van der Waals surface area contributed by atoms with Crippen molar-refractivity contribution in [1.29, 1.82) is 0 Å². The summed E-state index contributed by atoms with van der Waals surface area (Å²) in [7, 11) is 0. The largest absolute Gasteiger partial charge is 0.507 e. The summed E-state index contributed by atoms with van der Waals surface area (Å²) < 4.78 is 215. The molecule has 1 aliphatic carbocycles. The van der Waals surface area contributed by atoms with Gasteiger partial charge in [-0.3, -0.25) is 4.79 Å². The van der Waals surface area contributed by atoms with E-state index in [1.165, 1.54) is 0 Å². The van der Waals surface area contributed by atoms with E-state index in [2.05, 4.69) is 0 Å². The number of rotatable bonds is 3. The van der Waals surface area contributed by atoms with Gasteiger partial charge in [0.05, 0.1) is 5.56 Å². The summed E-state index contributed by atoms with van der Waals surface area (Å²) in [6.45, 7) is 0. The number of allylic oxidation sites excluding steroid dienone is 1. The van der Waals surface area contributed by atoms with Crippen molar-refractivity contribution in [2.45, 2.75) is 36.0 Å². The van der Waals surface area contributed by atoms with Crippen LogP contribution in [0.4, 0.5) is 70.2 Å². The van der Waals surface area contributed by atoms with Crippen LogP contribution in [0.1, 0.15) is 11.1 Å². The van der Waals surface area contributed by atoms with E-state index in [9.17, 15) is 80.1 Å². The molecule has 0 spiro atoms. The number of ketones is 1. The zero-order valence-electron chi connectivity index (χ0n) is 15.1. The third kappa shape index (κ3) is 3.08. The fourth-order valence-electron chi connectivity index (χ4n) is 3.17. The second-order valence-electron chi connectivity index (χ2n) is 6.75. The summed E-state index contributed by atoms with van der Waals surface area (Å²) in [6, 6.07) is -1.44. The van der Waals surface area contributed by atoms with Gasteiger partial charge in [-0.2, -0.15) is 61.5 Å². The zero-order chi connectivity index (χ0) is 27.1. The highest BCUT2D eigenvalue weighted by molar-refractivity contribution is 6.02. The predicted molar refractivity (Wildman–Crippen MR) is 75.2 cm³/mol.